The lowest BCUT2D eigenvalue weighted by atomic mass is 10.0. The molecule has 36 heavy (non-hydrogen) atoms. The molecule has 1 aromatic carbocycles. The fraction of sp³-hybridized carbons (Fsp3) is 0.296. The van der Waals surface area contributed by atoms with Crippen LogP contribution in [0.1, 0.15) is 48.4 Å². The summed E-state index contributed by atoms with van der Waals surface area (Å²) in [6.07, 6.45) is 10.6. The number of likely N-dealkylation sites (tertiary alicyclic amines) is 1. The molecule has 2 aromatic rings. The van der Waals surface area contributed by atoms with Gasteiger partial charge in [0.2, 0.25) is 11.8 Å². The number of allylic oxidation sites excluding steroid dienone is 2. The maximum Gasteiger partial charge on any atom is 0.231 e. The Balaban J connectivity index is 1.41. The quantitative estimate of drug-likeness (QED) is 0.245. The SMILES string of the molecule is CN1CCC(c2ccc(C(/C=C\N)=C/CC(=O)Nc3cccc(C(=N)N(C=N)C4CC4)c3)cn2)C1=O. The topological polar surface area (TPSA) is 139 Å². The normalized spacial score (nSPS) is 17.9. The monoisotopic (exact) mass is 485 g/mol. The van der Waals surface area contributed by atoms with Crippen LogP contribution in [0.3, 0.4) is 0 Å². The summed E-state index contributed by atoms with van der Waals surface area (Å²) in [5.74, 6) is -0.0839. The third kappa shape index (κ3) is 5.68. The minimum Gasteiger partial charge on any atom is -0.405 e. The van der Waals surface area contributed by atoms with Gasteiger partial charge in [-0.1, -0.05) is 24.3 Å². The van der Waals surface area contributed by atoms with Crippen LogP contribution in [0.5, 0.6) is 0 Å². The molecule has 1 unspecified atom stereocenters. The number of likely N-dealkylation sites (N-methyl/N-ethyl adjacent to an activating group) is 1. The fourth-order valence-corrected chi connectivity index (χ4v) is 4.28. The molecular formula is C27H31N7O2. The number of amides is 2. The molecule has 1 saturated heterocycles. The van der Waals surface area contributed by atoms with Gasteiger partial charge in [-0.2, -0.15) is 0 Å². The molecule has 2 amide bonds. The molecule has 1 aromatic heterocycles. The highest BCUT2D eigenvalue weighted by Crippen LogP contribution is 2.28. The second-order valence-corrected chi connectivity index (χ2v) is 9.04. The van der Waals surface area contributed by atoms with Gasteiger partial charge >= 0.3 is 0 Å². The number of pyridine rings is 1. The van der Waals surface area contributed by atoms with E-state index in [2.05, 4.69) is 10.3 Å². The van der Waals surface area contributed by atoms with Crippen molar-refractivity contribution in [1.29, 1.82) is 10.8 Å². The number of nitrogens with zero attached hydrogens (tertiary/aromatic N) is 3. The predicted octanol–water partition coefficient (Wildman–Crippen LogP) is 3.31. The summed E-state index contributed by atoms with van der Waals surface area (Å²) in [5.41, 5.74) is 9.16. The van der Waals surface area contributed by atoms with Crippen molar-refractivity contribution >= 4 is 35.2 Å². The average molecular weight is 486 g/mol. The van der Waals surface area contributed by atoms with E-state index in [1.165, 1.54) is 12.5 Å². The number of hydrogen-bond acceptors (Lipinski definition) is 6. The molecule has 2 fully saturated rings. The largest absolute Gasteiger partial charge is 0.405 e. The van der Waals surface area contributed by atoms with E-state index < -0.39 is 0 Å². The number of carbonyl (C=O) groups is 2. The van der Waals surface area contributed by atoms with Crippen molar-refractivity contribution in [3.63, 3.8) is 0 Å². The molecule has 1 saturated carbocycles. The Morgan fingerprint density at radius 1 is 1.25 bits per heavy atom. The summed E-state index contributed by atoms with van der Waals surface area (Å²) in [7, 11) is 1.80. The van der Waals surface area contributed by atoms with Crippen LogP contribution in [-0.4, -0.2) is 58.4 Å². The van der Waals surface area contributed by atoms with Gasteiger partial charge in [-0.25, -0.2) is 0 Å². The number of nitrogens with one attached hydrogen (secondary N) is 3. The second-order valence-electron chi connectivity index (χ2n) is 9.04. The maximum atomic E-state index is 12.7. The zero-order valence-corrected chi connectivity index (χ0v) is 20.3. The summed E-state index contributed by atoms with van der Waals surface area (Å²) in [4.78, 5) is 32.8. The van der Waals surface area contributed by atoms with Crippen LogP contribution in [-0.2, 0) is 9.59 Å². The molecule has 0 radical (unpaired) electrons. The Kier molecular flexibility index (Phi) is 7.58. The first-order chi connectivity index (χ1) is 17.4. The van der Waals surface area contributed by atoms with Crippen molar-refractivity contribution < 1.29 is 9.59 Å². The molecular weight excluding hydrogens is 454 g/mol. The minimum absolute atomic E-state index is 0.0850. The van der Waals surface area contributed by atoms with Crippen LogP contribution >= 0.6 is 0 Å². The number of nitrogens with two attached hydrogens (primary N) is 1. The van der Waals surface area contributed by atoms with Gasteiger partial charge in [0.1, 0.15) is 5.84 Å². The highest BCUT2D eigenvalue weighted by Gasteiger charge is 2.31. The molecule has 1 aliphatic carbocycles. The van der Waals surface area contributed by atoms with Gasteiger partial charge in [-0.05, 0) is 60.9 Å². The van der Waals surface area contributed by atoms with E-state index in [1.807, 2.05) is 12.1 Å². The van der Waals surface area contributed by atoms with E-state index >= 15 is 0 Å². The van der Waals surface area contributed by atoms with Gasteiger partial charge in [0, 0.05) is 43.5 Å². The van der Waals surface area contributed by atoms with Gasteiger partial charge in [0.25, 0.3) is 0 Å². The third-order valence-corrected chi connectivity index (χ3v) is 6.44. The first-order valence-corrected chi connectivity index (χ1v) is 12.0. The number of rotatable bonds is 9. The van der Waals surface area contributed by atoms with E-state index in [4.69, 9.17) is 16.6 Å². The molecule has 0 spiro atoms. The summed E-state index contributed by atoms with van der Waals surface area (Å²) in [6, 6.07) is 11.1. The lowest BCUT2D eigenvalue weighted by Gasteiger charge is -2.19. The zero-order chi connectivity index (χ0) is 25.7. The third-order valence-electron chi connectivity index (χ3n) is 6.44. The molecule has 5 N–H and O–H groups in total. The van der Waals surface area contributed by atoms with Crippen molar-refractivity contribution in [2.24, 2.45) is 5.73 Å². The first-order valence-electron chi connectivity index (χ1n) is 12.0. The highest BCUT2D eigenvalue weighted by atomic mass is 16.2. The fourth-order valence-electron chi connectivity index (χ4n) is 4.28. The summed E-state index contributed by atoms with van der Waals surface area (Å²) in [5, 5.41) is 18.9. The average Bonchev–Trinajstić information content (AvgIpc) is 3.67. The van der Waals surface area contributed by atoms with Crippen LogP contribution in [0.25, 0.3) is 5.57 Å². The molecule has 1 atom stereocenters. The molecule has 2 aliphatic rings. The van der Waals surface area contributed by atoms with Gasteiger partial charge in [-0.3, -0.25) is 25.4 Å². The number of aromatic nitrogens is 1. The number of anilines is 1. The van der Waals surface area contributed by atoms with Crippen molar-refractivity contribution in [1.82, 2.24) is 14.8 Å². The van der Waals surface area contributed by atoms with Gasteiger partial charge in [0.15, 0.2) is 0 Å². The van der Waals surface area contributed by atoms with E-state index in [-0.39, 0.29) is 36.0 Å². The van der Waals surface area contributed by atoms with Gasteiger partial charge in [0.05, 0.1) is 18.0 Å². The minimum atomic E-state index is -0.211. The number of hydrogen-bond donors (Lipinski definition) is 4. The Bertz CT molecular complexity index is 1210. The molecule has 4 rings (SSSR count). The standard InChI is InChI=1S/C27H31N7O2/c1-33-14-12-23(27(33)36)24-9-5-20(16-31-24)18(11-13-28)6-10-25(35)32-21-4-2-3-19(15-21)26(30)34(17-29)22-7-8-22/h2-6,9,11,13,15-17,22-23,29-30H,7-8,10,12,14,28H2,1H3,(H,32,35)/b13-11-,18-6+,29-17?,30-26?. The van der Waals surface area contributed by atoms with E-state index in [1.54, 1.807) is 59.5 Å². The van der Waals surface area contributed by atoms with Crippen molar-refractivity contribution in [2.75, 3.05) is 18.9 Å². The summed E-state index contributed by atoms with van der Waals surface area (Å²) < 4.78 is 0. The predicted molar refractivity (Wildman–Crippen MR) is 141 cm³/mol. The van der Waals surface area contributed by atoms with Crippen LogP contribution in [0, 0.1) is 10.8 Å². The summed E-state index contributed by atoms with van der Waals surface area (Å²) in [6.45, 7) is 0.731. The van der Waals surface area contributed by atoms with Gasteiger partial charge in [-0.15, -0.1) is 0 Å². The molecule has 1 aliphatic heterocycles. The Labute approximate surface area is 210 Å². The molecule has 0 bridgehead atoms. The second kappa shape index (κ2) is 11.0. The smallest absolute Gasteiger partial charge is 0.231 e. The Morgan fingerprint density at radius 2 is 2.06 bits per heavy atom. The van der Waals surface area contributed by atoms with Crippen molar-refractivity contribution in [3.8, 4) is 0 Å². The molecule has 9 heteroatoms. The van der Waals surface area contributed by atoms with Crippen LogP contribution in [0.15, 0.2) is 60.9 Å². The maximum absolute atomic E-state index is 12.7. The van der Waals surface area contributed by atoms with Crippen molar-refractivity contribution in [2.45, 2.75) is 37.6 Å². The molecule has 186 valence electrons. The van der Waals surface area contributed by atoms with E-state index in [0.717, 1.165) is 42.6 Å². The van der Waals surface area contributed by atoms with Crippen LogP contribution < -0.4 is 11.1 Å². The molecule has 2 heterocycles. The molecule has 9 nitrogen and oxygen atoms in total. The van der Waals surface area contributed by atoms with E-state index in [0.29, 0.717) is 11.3 Å². The lowest BCUT2D eigenvalue weighted by Crippen LogP contribution is -2.31. The Morgan fingerprint density at radius 3 is 2.67 bits per heavy atom. The van der Waals surface area contributed by atoms with Crippen LogP contribution in [0.2, 0.25) is 0 Å². The summed E-state index contributed by atoms with van der Waals surface area (Å²) >= 11 is 0. The lowest BCUT2D eigenvalue weighted by molar-refractivity contribution is -0.127. The number of amidine groups is 1. The highest BCUT2D eigenvalue weighted by molar-refractivity contribution is 6.04. The number of benzene rings is 1. The van der Waals surface area contributed by atoms with Crippen LogP contribution in [0.4, 0.5) is 5.69 Å². The van der Waals surface area contributed by atoms with E-state index in [9.17, 15) is 9.59 Å². The van der Waals surface area contributed by atoms with Crippen molar-refractivity contribution in [3.05, 3.63) is 77.8 Å². The zero-order valence-electron chi connectivity index (χ0n) is 20.3. The Hall–Kier alpha value is -4.27. The first kappa shape index (κ1) is 24.8. The van der Waals surface area contributed by atoms with Gasteiger partial charge < -0.3 is 20.9 Å². The number of carbonyl (C=O) groups excluding carboxylic acids is 2.